The molecule has 18 heavy (non-hydrogen) atoms. The van der Waals surface area contributed by atoms with Gasteiger partial charge in [-0.3, -0.25) is 0 Å². The summed E-state index contributed by atoms with van der Waals surface area (Å²) in [4.78, 5) is 2.22. The van der Waals surface area contributed by atoms with Crippen LogP contribution >= 0.6 is 0 Å². The SMILES string of the molecule is Cc1nnc(N2CCCC2c2ccccc2C)o1. The van der Waals surface area contributed by atoms with Crippen molar-refractivity contribution in [1.82, 2.24) is 10.2 Å². The van der Waals surface area contributed by atoms with Crippen LogP contribution in [0, 0.1) is 13.8 Å². The molecule has 4 heteroatoms. The van der Waals surface area contributed by atoms with Crippen molar-refractivity contribution in [2.24, 2.45) is 0 Å². The van der Waals surface area contributed by atoms with Crippen LogP contribution in [0.25, 0.3) is 0 Å². The van der Waals surface area contributed by atoms with Gasteiger partial charge in [-0.1, -0.05) is 29.4 Å². The summed E-state index contributed by atoms with van der Waals surface area (Å²) in [7, 11) is 0. The molecular weight excluding hydrogens is 226 g/mol. The van der Waals surface area contributed by atoms with Crippen molar-refractivity contribution in [3.63, 3.8) is 0 Å². The fourth-order valence-corrected chi connectivity index (χ4v) is 2.68. The van der Waals surface area contributed by atoms with Crippen LogP contribution in [0.1, 0.15) is 35.9 Å². The zero-order valence-electron chi connectivity index (χ0n) is 10.8. The third-order valence-electron chi connectivity index (χ3n) is 3.56. The number of hydrogen-bond donors (Lipinski definition) is 0. The van der Waals surface area contributed by atoms with Crippen molar-refractivity contribution in [3.8, 4) is 0 Å². The van der Waals surface area contributed by atoms with Crippen molar-refractivity contribution < 1.29 is 4.42 Å². The predicted octanol–water partition coefficient (Wildman–Crippen LogP) is 3.03. The molecule has 1 atom stereocenters. The number of nitrogens with zero attached hydrogens (tertiary/aromatic N) is 3. The minimum absolute atomic E-state index is 0.367. The Morgan fingerprint density at radius 1 is 1.22 bits per heavy atom. The second-order valence-corrected chi connectivity index (χ2v) is 4.81. The fourth-order valence-electron chi connectivity index (χ4n) is 2.68. The van der Waals surface area contributed by atoms with E-state index in [4.69, 9.17) is 4.42 Å². The van der Waals surface area contributed by atoms with Gasteiger partial charge in [-0.25, -0.2) is 0 Å². The topological polar surface area (TPSA) is 42.2 Å². The van der Waals surface area contributed by atoms with Gasteiger partial charge in [0.05, 0.1) is 6.04 Å². The Hall–Kier alpha value is -1.84. The highest BCUT2D eigenvalue weighted by molar-refractivity contribution is 5.39. The third kappa shape index (κ3) is 1.88. The lowest BCUT2D eigenvalue weighted by molar-refractivity contribution is 0.498. The van der Waals surface area contributed by atoms with E-state index in [9.17, 15) is 0 Å². The van der Waals surface area contributed by atoms with E-state index >= 15 is 0 Å². The largest absolute Gasteiger partial charge is 0.408 e. The van der Waals surface area contributed by atoms with Crippen LogP contribution in [0.4, 0.5) is 6.01 Å². The van der Waals surface area contributed by atoms with Crippen molar-refractivity contribution in [2.45, 2.75) is 32.7 Å². The average Bonchev–Trinajstić information content (AvgIpc) is 2.98. The van der Waals surface area contributed by atoms with Gasteiger partial charge >= 0.3 is 6.01 Å². The molecule has 1 fully saturated rings. The van der Waals surface area contributed by atoms with E-state index < -0.39 is 0 Å². The molecule has 1 unspecified atom stereocenters. The van der Waals surface area contributed by atoms with E-state index in [1.54, 1.807) is 0 Å². The van der Waals surface area contributed by atoms with Crippen molar-refractivity contribution in [3.05, 3.63) is 41.3 Å². The molecule has 0 spiro atoms. The molecule has 1 saturated heterocycles. The van der Waals surface area contributed by atoms with E-state index in [-0.39, 0.29) is 0 Å². The lowest BCUT2D eigenvalue weighted by Gasteiger charge is -2.24. The summed E-state index contributed by atoms with van der Waals surface area (Å²) in [6.07, 6.45) is 2.31. The highest BCUT2D eigenvalue weighted by Crippen LogP contribution is 2.36. The van der Waals surface area contributed by atoms with Crippen molar-refractivity contribution in [1.29, 1.82) is 0 Å². The Balaban J connectivity index is 1.94. The summed E-state index contributed by atoms with van der Waals surface area (Å²) in [6, 6.07) is 9.54. The van der Waals surface area contributed by atoms with Gasteiger partial charge in [-0.15, -0.1) is 5.10 Å². The second kappa shape index (κ2) is 4.44. The van der Waals surface area contributed by atoms with Gasteiger partial charge in [0.2, 0.25) is 5.89 Å². The van der Waals surface area contributed by atoms with Crippen LogP contribution in [-0.4, -0.2) is 16.7 Å². The van der Waals surface area contributed by atoms with E-state index in [2.05, 4.69) is 46.3 Å². The first-order valence-electron chi connectivity index (χ1n) is 6.38. The van der Waals surface area contributed by atoms with Crippen LogP contribution in [0.3, 0.4) is 0 Å². The van der Waals surface area contributed by atoms with E-state index in [1.165, 1.54) is 17.5 Å². The lowest BCUT2D eigenvalue weighted by atomic mass is 10.00. The molecule has 1 aromatic heterocycles. The first-order chi connectivity index (χ1) is 8.75. The highest BCUT2D eigenvalue weighted by Gasteiger charge is 2.30. The maximum absolute atomic E-state index is 5.56. The highest BCUT2D eigenvalue weighted by atomic mass is 16.4. The summed E-state index contributed by atoms with van der Waals surface area (Å²) in [5.74, 6) is 0.625. The molecule has 0 saturated carbocycles. The Morgan fingerprint density at radius 3 is 2.78 bits per heavy atom. The lowest BCUT2D eigenvalue weighted by Crippen LogP contribution is -2.23. The maximum atomic E-state index is 5.56. The Kier molecular flexibility index (Phi) is 2.78. The third-order valence-corrected chi connectivity index (χ3v) is 3.56. The maximum Gasteiger partial charge on any atom is 0.318 e. The second-order valence-electron chi connectivity index (χ2n) is 4.81. The zero-order chi connectivity index (χ0) is 12.5. The molecule has 0 N–H and O–H groups in total. The van der Waals surface area contributed by atoms with Crippen LogP contribution in [0.15, 0.2) is 28.7 Å². The Bertz CT molecular complexity index is 549. The first kappa shape index (κ1) is 11.3. The van der Waals surface area contributed by atoms with Gasteiger partial charge in [0.1, 0.15) is 0 Å². The van der Waals surface area contributed by atoms with Gasteiger partial charge in [-0.2, -0.15) is 0 Å². The molecule has 0 aliphatic carbocycles. The van der Waals surface area contributed by atoms with Gasteiger partial charge < -0.3 is 9.32 Å². The molecular formula is C14H17N3O. The molecule has 1 aliphatic rings. The molecule has 94 valence electrons. The number of aromatic nitrogens is 2. The van der Waals surface area contributed by atoms with Gasteiger partial charge in [0.25, 0.3) is 0 Å². The van der Waals surface area contributed by atoms with Crippen LogP contribution < -0.4 is 4.90 Å². The van der Waals surface area contributed by atoms with Gasteiger partial charge in [-0.05, 0) is 30.9 Å². The molecule has 1 aliphatic heterocycles. The molecule has 2 heterocycles. The normalized spacial score (nSPS) is 19.4. The van der Waals surface area contributed by atoms with E-state index in [0.717, 1.165) is 13.0 Å². The quantitative estimate of drug-likeness (QED) is 0.813. The smallest absolute Gasteiger partial charge is 0.318 e. The van der Waals surface area contributed by atoms with Gasteiger partial charge in [0, 0.05) is 13.5 Å². The van der Waals surface area contributed by atoms with E-state index in [0.29, 0.717) is 17.9 Å². The average molecular weight is 243 g/mol. The van der Waals surface area contributed by atoms with Crippen LogP contribution in [-0.2, 0) is 0 Å². The molecule has 0 radical (unpaired) electrons. The minimum Gasteiger partial charge on any atom is -0.408 e. The number of aryl methyl sites for hydroxylation is 2. The summed E-state index contributed by atoms with van der Waals surface area (Å²) in [5, 5.41) is 8.07. The van der Waals surface area contributed by atoms with E-state index in [1.807, 2.05) is 6.92 Å². The molecule has 0 amide bonds. The predicted molar refractivity (Wildman–Crippen MR) is 69.5 cm³/mol. The van der Waals surface area contributed by atoms with Gasteiger partial charge in [0.15, 0.2) is 0 Å². The standard InChI is InChI=1S/C14H17N3O/c1-10-6-3-4-7-12(10)13-8-5-9-17(13)14-16-15-11(2)18-14/h3-4,6-7,13H,5,8-9H2,1-2H3. The molecule has 1 aromatic carbocycles. The minimum atomic E-state index is 0.367. The molecule has 3 rings (SSSR count). The zero-order valence-corrected chi connectivity index (χ0v) is 10.8. The van der Waals surface area contributed by atoms with Crippen molar-refractivity contribution in [2.75, 3.05) is 11.4 Å². The fraction of sp³-hybridized carbons (Fsp3) is 0.429. The summed E-state index contributed by atoms with van der Waals surface area (Å²) < 4.78 is 5.56. The van der Waals surface area contributed by atoms with Crippen LogP contribution in [0.5, 0.6) is 0 Å². The number of anilines is 1. The summed E-state index contributed by atoms with van der Waals surface area (Å²) in [6.45, 7) is 4.97. The van der Waals surface area contributed by atoms with Crippen molar-refractivity contribution >= 4 is 6.01 Å². The Morgan fingerprint density at radius 2 is 2.06 bits per heavy atom. The number of hydrogen-bond acceptors (Lipinski definition) is 4. The summed E-state index contributed by atoms with van der Waals surface area (Å²) in [5.41, 5.74) is 2.69. The molecule has 0 bridgehead atoms. The molecule has 2 aromatic rings. The summed E-state index contributed by atoms with van der Waals surface area (Å²) >= 11 is 0. The number of benzene rings is 1. The van der Waals surface area contributed by atoms with Crippen LogP contribution in [0.2, 0.25) is 0 Å². The monoisotopic (exact) mass is 243 g/mol. The Labute approximate surface area is 107 Å². The first-order valence-corrected chi connectivity index (χ1v) is 6.38. The molecule has 4 nitrogen and oxygen atoms in total. The number of rotatable bonds is 2.